The van der Waals surface area contributed by atoms with Gasteiger partial charge in [-0.2, -0.15) is 0 Å². The van der Waals surface area contributed by atoms with E-state index >= 15 is 0 Å². The Bertz CT molecular complexity index is 1080. The summed E-state index contributed by atoms with van der Waals surface area (Å²) in [7, 11) is 0. The molecule has 0 spiro atoms. The Morgan fingerprint density at radius 1 is 0.758 bits per heavy atom. The summed E-state index contributed by atoms with van der Waals surface area (Å²) in [5.74, 6) is 0.506. The smallest absolute Gasteiger partial charge is 0.240 e. The molecule has 0 radical (unpaired) electrons. The zero-order valence-electron chi connectivity index (χ0n) is 18.9. The van der Waals surface area contributed by atoms with Crippen molar-refractivity contribution in [3.63, 3.8) is 0 Å². The highest BCUT2D eigenvalue weighted by Gasteiger charge is 2.35. The maximum atomic E-state index is 13.7. The highest BCUT2D eigenvalue weighted by molar-refractivity contribution is 5.82. The lowest BCUT2D eigenvalue weighted by Gasteiger charge is -2.41. The lowest BCUT2D eigenvalue weighted by molar-refractivity contribution is -0.139. The Morgan fingerprint density at radius 2 is 1.39 bits per heavy atom. The molecule has 1 saturated heterocycles. The Hall–Kier alpha value is -3.15. The van der Waals surface area contributed by atoms with Crippen LogP contribution in [0.1, 0.15) is 22.3 Å². The Balaban J connectivity index is 1.28. The molecule has 5 rings (SSSR count). The van der Waals surface area contributed by atoms with Gasteiger partial charge in [0.1, 0.15) is 5.75 Å². The van der Waals surface area contributed by atoms with Gasteiger partial charge < -0.3 is 10.0 Å². The van der Waals surface area contributed by atoms with Crippen molar-refractivity contribution in [3.05, 3.63) is 101 Å². The molecule has 0 saturated carbocycles. The average Bonchev–Trinajstić information content (AvgIpc) is 2.86. The Morgan fingerprint density at radius 3 is 2.12 bits per heavy atom. The first-order valence-corrected chi connectivity index (χ1v) is 11.8. The molecule has 1 amide bonds. The van der Waals surface area contributed by atoms with Gasteiger partial charge in [-0.3, -0.25) is 14.6 Å². The third-order valence-electron chi connectivity index (χ3n) is 6.89. The van der Waals surface area contributed by atoms with E-state index in [1.54, 1.807) is 12.1 Å². The number of phenolic OH excluding ortho intramolecular Hbond substituents is 1. The number of carbonyl (C=O) groups excluding carboxylic acids is 1. The first kappa shape index (κ1) is 21.7. The summed E-state index contributed by atoms with van der Waals surface area (Å²) < 4.78 is 0. The maximum Gasteiger partial charge on any atom is 0.240 e. The van der Waals surface area contributed by atoms with Gasteiger partial charge in [0.2, 0.25) is 5.91 Å². The van der Waals surface area contributed by atoms with Crippen LogP contribution in [0, 0.1) is 0 Å². The van der Waals surface area contributed by atoms with Crippen molar-refractivity contribution in [3.8, 4) is 5.75 Å². The number of fused-ring (bicyclic) bond motifs is 1. The first-order chi connectivity index (χ1) is 16.2. The largest absolute Gasteiger partial charge is 0.508 e. The van der Waals surface area contributed by atoms with Crippen molar-refractivity contribution in [2.24, 2.45) is 0 Å². The molecular weight excluding hydrogens is 410 g/mol. The molecule has 0 bridgehead atoms. The third kappa shape index (κ3) is 5.10. The predicted molar refractivity (Wildman–Crippen MR) is 130 cm³/mol. The number of benzene rings is 3. The van der Waals surface area contributed by atoms with Gasteiger partial charge in [0.15, 0.2) is 0 Å². The topological polar surface area (TPSA) is 47.0 Å². The molecule has 33 heavy (non-hydrogen) atoms. The quantitative estimate of drug-likeness (QED) is 0.657. The van der Waals surface area contributed by atoms with Gasteiger partial charge in [-0.25, -0.2) is 0 Å². The van der Waals surface area contributed by atoms with Crippen molar-refractivity contribution in [2.45, 2.75) is 32.1 Å². The second kappa shape index (κ2) is 9.77. The lowest BCUT2D eigenvalue weighted by Crippen LogP contribution is -2.56. The zero-order chi connectivity index (χ0) is 22.6. The second-order valence-electron chi connectivity index (χ2n) is 9.15. The molecule has 5 heteroatoms. The monoisotopic (exact) mass is 441 g/mol. The molecule has 3 aromatic carbocycles. The second-order valence-corrected chi connectivity index (χ2v) is 9.15. The Labute approximate surface area is 195 Å². The van der Waals surface area contributed by atoms with Crippen LogP contribution in [-0.2, 0) is 30.8 Å². The average molecular weight is 442 g/mol. The van der Waals surface area contributed by atoms with Crippen molar-refractivity contribution in [1.29, 1.82) is 0 Å². The van der Waals surface area contributed by atoms with Gasteiger partial charge in [-0.1, -0.05) is 66.7 Å². The minimum Gasteiger partial charge on any atom is -0.508 e. The summed E-state index contributed by atoms with van der Waals surface area (Å²) in [5, 5.41) is 9.64. The van der Waals surface area contributed by atoms with Crippen molar-refractivity contribution in [1.82, 2.24) is 14.7 Å². The van der Waals surface area contributed by atoms with E-state index in [9.17, 15) is 9.90 Å². The van der Waals surface area contributed by atoms with Crippen LogP contribution in [0.5, 0.6) is 5.75 Å². The molecule has 2 aliphatic heterocycles. The Kier molecular flexibility index (Phi) is 6.42. The standard InChI is InChI=1S/C28H31N3O2/c32-26-12-10-23(11-13-26)20-31-21-25-9-5-4-8-24(25)18-27(31)28(33)30-16-14-29(15-17-30)19-22-6-2-1-3-7-22/h1-13,27,32H,14-21H2/t27-/m1/s1. The molecule has 2 heterocycles. The van der Waals surface area contributed by atoms with Gasteiger partial charge in [-0.15, -0.1) is 0 Å². The summed E-state index contributed by atoms with van der Waals surface area (Å²) in [6.07, 6.45) is 0.747. The number of piperazine rings is 1. The number of carbonyl (C=O) groups is 1. The van der Waals surface area contributed by atoms with Gasteiger partial charge in [0, 0.05) is 45.8 Å². The van der Waals surface area contributed by atoms with Crippen LogP contribution in [0.4, 0.5) is 0 Å². The maximum absolute atomic E-state index is 13.7. The normalized spacial score (nSPS) is 19.3. The van der Waals surface area contributed by atoms with E-state index in [0.717, 1.165) is 51.3 Å². The van der Waals surface area contributed by atoms with Crippen molar-refractivity contribution >= 4 is 5.91 Å². The molecule has 1 atom stereocenters. The fourth-order valence-electron chi connectivity index (χ4n) is 5.00. The lowest BCUT2D eigenvalue weighted by atomic mass is 9.92. The van der Waals surface area contributed by atoms with Crippen LogP contribution in [-0.4, -0.2) is 57.9 Å². The molecule has 1 fully saturated rings. The van der Waals surface area contributed by atoms with Crippen LogP contribution in [0.3, 0.4) is 0 Å². The van der Waals surface area contributed by atoms with E-state index in [4.69, 9.17) is 0 Å². The fraction of sp³-hybridized carbons (Fsp3) is 0.321. The molecule has 0 unspecified atom stereocenters. The van der Waals surface area contributed by atoms with E-state index < -0.39 is 0 Å². The van der Waals surface area contributed by atoms with E-state index in [1.165, 1.54) is 16.7 Å². The van der Waals surface area contributed by atoms with Gasteiger partial charge >= 0.3 is 0 Å². The summed E-state index contributed by atoms with van der Waals surface area (Å²) in [6, 6.07) is 26.2. The summed E-state index contributed by atoms with van der Waals surface area (Å²) in [6.45, 7) is 5.75. The number of aromatic hydroxyl groups is 1. The van der Waals surface area contributed by atoms with E-state index in [2.05, 4.69) is 63.2 Å². The van der Waals surface area contributed by atoms with E-state index in [-0.39, 0.29) is 17.7 Å². The highest BCUT2D eigenvalue weighted by Crippen LogP contribution is 2.27. The molecule has 1 N–H and O–H groups in total. The minimum atomic E-state index is -0.158. The van der Waals surface area contributed by atoms with Gasteiger partial charge in [0.25, 0.3) is 0 Å². The molecule has 170 valence electrons. The van der Waals surface area contributed by atoms with Gasteiger partial charge in [-0.05, 0) is 40.8 Å². The number of hydrogen-bond acceptors (Lipinski definition) is 4. The van der Waals surface area contributed by atoms with Crippen LogP contribution < -0.4 is 0 Å². The number of hydrogen-bond donors (Lipinski definition) is 1. The zero-order valence-corrected chi connectivity index (χ0v) is 18.9. The third-order valence-corrected chi connectivity index (χ3v) is 6.89. The molecular formula is C28H31N3O2. The summed E-state index contributed by atoms with van der Waals surface area (Å²) >= 11 is 0. The minimum absolute atomic E-state index is 0.158. The van der Waals surface area contributed by atoms with Crippen LogP contribution >= 0.6 is 0 Å². The van der Waals surface area contributed by atoms with E-state index in [0.29, 0.717) is 6.54 Å². The highest BCUT2D eigenvalue weighted by atomic mass is 16.3. The van der Waals surface area contributed by atoms with Gasteiger partial charge in [0.05, 0.1) is 6.04 Å². The predicted octanol–water partition coefficient (Wildman–Crippen LogP) is 3.66. The molecule has 0 aromatic heterocycles. The van der Waals surface area contributed by atoms with Crippen molar-refractivity contribution < 1.29 is 9.90 Å². The molecule has 2 aliphatic rings. The number of rotatable bonds is 5. The van der Waals surface area contributed by atoms with Crippen molar-refractivity contribution in [2.75, 3.05) is 26.2 Å². The number of amides is 1. The molecule has 3 aromatic rings. The molecule has 0 aliphatic carbocycles. The van der Waals surface area contributed by atoms with Crippen LogP contribution in [0.25, 0.3) is 0 Å². The molecule has 5 nitrogen and oxygen atoms in total. The summed E-state index contributed by atoms with van der Waals surface area (Å²) in [4.78, 5) is 20.5. The summed E-state index contributed by atoms with van der Waals surface area (Å²) in [5.41, 5.74) is 5.01. The van der Waals surface area contributed by atoms with Crippen LogP contribution in [0.2, 0.25) is 0 Å². The van der Waals surface area contributed by atoms with E-state index in [1.807, 2.05) is 18.2 Å². The number of phenols is 1. The number of nitrogens with zero attached hydrogens (tertiary/aromatic N) is 3. The SMILES string of the molecule is O=C([C@H]1Cc2ccccc2CN1Cc1ccc(O)cc1)N1CCN(Cc2ccccc2)CC1. The first-order valence-electron chi connectivity index (χ1n) is 11.8. The van der Waals surface area contributed by atoms with Crippen LogP contribution in [0.15, 0.2) is 78.9 Å². The fourth-order valence-corrected chi connectivity index (χ4v) is 5.00.